The molecule has 0 spiro atoms. The molecule has 0 amide bonds. The van der Waals surface area contributed by atoms with E-state index in [2.05, 4.69) is 78.9 Å². The molecule has 0 aromatic heterocycles. The molecule has 0 unspecified atom stereocenters. The van der Waals surface area contributed by atoms with Crippen molar-refractivity contribution in [3.8, 4) is 5.75 Å². The first-order valence-electron chi connectivity index (χ1n) is 9.25. The van der Waals surface area contributed by atoms with Gasteiger partial charge in [0.2, 0.25) is 9.04 Å². The van der Waals surface area contributed by atoms with E-state index >= 15 is 0 Å². The van der Waals surface area contributed by atoms with Crippen molar-refractivity contribution in [1.29, 1.82) is 0 Å². The van der Waals surface area contributed by atoms with Crippen LogP contribution in [0.5, 0.6) is 5.75 Å². The fraction of sp³-hybridized carbons (Fsp3) is 0.217. The Bertz CT molecular complexity index is 795. The van der Waals surface area contributed by atoms with Gasteiger partial charge in [0.1, 0.15) is 5.75 Å². The van der Waals surface area contributed by atoms with E-state index in [1.807, 2.05) is 0 Å². The first kappa shape index (κ1) is 17.1. The minimum absolute atomic E-state index is 0.246. The molecule has 0 aliphatic heterocycles. The van der Waals surface area contributed by atoms with E-state index in [1.165, 1.54) is 21.5 Å². The van der Waals surface area contributed by atoms with Gasteiger partial charge in [-0.2, -0.15) is 0 Å². The predicted molar refractivity (Wildman–Crippen MR) is 109 cm³/mol. The molecule has 0 bridgehead atoms. The lowest BCUT2D eigenvalue weighted by atomic mass is 9.89. The van der Waals surface area contributed by atoms with Gasteiger partial charge in [-0.15, -0.1) is 0 Å². The molecule has 3 heteroatoms. The normalized spacial score (nSPS) is 16.3. The number of methoxy groups -OCH3 is 1. The molecule has 132 valence electrons. The van der Waals surface area contributed by atoms with Crippen LogP contribution in [0.3, 0.4) is 0 Å². The molecule has 0 radical (unpaired) electrons. The van der Waals surface area contributed by atoms with Crippen LogP contribution in [0.2, 0.25) is 0 Å². The molecule has 1 aliphatic rings. The van der Waals surface area contributed by atoms with Gasteiger partial charge in [-0.05, 0) is 40.4 Å². The van der Waals surface area contributed by atoms with E-state index in [-0.39, 0.29) is 6.10 Å². The van der Waals surface area contributed by atoms with Crippen LogP contribution in [0.4, 0.5) is 0 Å². The SMILES string of the molecule is COc1cccc2c1C[C@H](O[SiH](c1ccccc1)c1ccccc1)CC2. The van der Waals surface area contributed by atoms with Gasteiger partial charge in [0, 0.05) is 12.5 Å². The average molecular weight is 361 g/mol. The summed E-state index contributed by atoms with van der Waals surface area (Å²) in [6.45, 7) is 0. The lowest BCUT2D eigenvalue weighted by molar-refractivity contribution is 0.190. The Kier molecular flexibility index (Phi) is 5.18. The van der Waals surface area contributed by atoms with Crippen LogP contribution >= 0.6 is 0 Å². The van der Waals surface area contributed by atoms with Crippen molar-refractivity contribution >= 4 is 19.4 Å². The zero-order valence-electron chi connectivity index (χ0n) is 15.1. The summed E-state index contributed by atoms with van der Waals surface area (Å²) in [6.07, 6.45) is 3.31. The maximum absolute atomic E-state index is 6.80. The summed E-state index contributed by atoms with van der Waals surface area (Å²) in [5.74, 6) is 0.994. The number of hydrogen-bond acceptors (Lipinski definition) is 2. The van der Waals surface area contributed by atoms with Crippen LogP contribution in [-0.2, 0) is 17.3 Å². The van der Waals surface area contributed by atoms with Crippen LogP contribution in [0.15, 0.2) is 78.9 Å². The number of aryl methyl sites for hydroxylation is 1. The van der Waals surface area contributed by atoms with Crippen molar-refractivity contribution < 1.29 is 9.16 Å². The van der Waals surface area contributed by atoms with Gasteiger partial charge in [0.05, 0.1) is 7.11 Å². The third kappa shape index (κ3) is 3.59. The fourth-order valence-electron chi connectivity index (χ4n) is 3.83. The molecule has 1 atom stereocenters. The molecule has 0 saturated heterocycles. The number of rotatable bonds is 5. The largest absolute Gasteiger partial charge is 0.496 e. The van der Waals surface area contributed by atoms with Crippen molar-refractivity contribution in [2.24, 2.45) is 0 Å². The molecule has 0 fully saturated rings. The highest BCUT2D eigenvalue weighted by Gasteiger charge is 2.27. The van der Waals surface area contributed by atoms with E-state index in [9.17, 15) is 0 Å². The van der Waals surface area contributed by atoms with Gasteiger partial charge < -0.3 is 9.16 Å². The monoisotopic (exact) mass is 360 g/mol. The Morgan fingerprint density at radius 1 is 0.808 bits per heavy atom. The number of ether oxygens (including phenoxy) is 1. The maximum atomic E-state index is 6.80. The standard InChI is InChI=1S/C23H24O2Si/c1-24-23-14-8-9-18-15-16-19(17-22(18)23)25-26(20-10-4-2-5-11-20)21-12-6-3-7-13-21/h2-14,19,26H,15-17H2,1H3/t19-/m1/s1. The van der Waals surface area contributed by atoms with Crippen LogP contribution in [0.25, 0.3) is 0 Å². The number of fused-ring (bicyclic) bond motifs is 1. The highest BCUT2D eigenvalue weighted by molar-refractivity contribution is 6.80. The molecular weight excluding hydrogens is 336 g/mol. The van der Waals surface area contributed by atoms with Gasteiger partial charge in [-0.1, -0.05) is 72.8 Å². The van der Waals surface area contributed by atoms with Gasteiger partial charge in [-0.25, -0.2) is 0 Å². The zero-order chi connectivity index (χ0) is 17.8. The Balaban J connectivity index is 1.61. The Morgan fingerprint density at radius 3 is 2.08 bits per heavy atom. The minimum Gasteiger partial charge on any atom is -0.496 e. The van der Waals surface area contributed by atoms with E-state index in [1.54, 1.807) is 7.11 Å². The molecule has 4 rings (SSSR count). The summed E-state index contributed by atoms with van der Waals surface area (Å²) >= 11 is 0. The molecule has 0 heterocycles. The average Bonchev–Trinajstić information content (AvgIpc) is 2.72. The second-order valence-electron chi connectivity index (χ2n) is 6.80. The molecule has 3 aromatic rings. The zero-order valence-corrected chi connectivity index (χ0v) is 16.3. The molecule has 0 saturated carbocycles. The summed E-state index contributed by atoms with van der Waals surface area (Å²) < 4.78 is 12.4. The molecule has 2 nitrogen and oxygen atoms in total. The molecule has 26 heavy (non-hydrogen) atoms. The van der Waals surface area contributed by atoms with E-state index < -0.39 is 9.04 Å². The highest BCUT2D eigenvalue weighted by Crippen LogP contribution is 2.30. The topological polar surface area (TPSA) is 18.5 Å². The van der Waals surface area contributed by atoms with Crippen molar-refractivity contribution in [1.82, 2.24) is 0 Å². The smallest absolute Gasteiger partial charge is 0.240 e. The van der Waals surface area contributed by atoms with Gasteiger partial charge in [0.15, 0.2) is 0 Å². The van der Waals surface area contributed by atoms with E-state index in [0.29, 0.717) is 0 Å². The molecule has 3 aromatic carbocycles. The van der Waals surface area contributed by atoms with Crippen molar-refractivity contribution in [3.63, 3.8) is 0 Å². The quantitative estimate of drug-likeness (QED) is 0.651. The second-order valence-corrected chi connectivity index (χ2v) is 9.17. The third-order valence-electron chi connectivity index (χ3n) is 5.15. The lowest BCUT2D eigenvalue weighted by Gasteiger charge is -2.30. The van der Waals surface area contributed by atoms with Crippen LogP contribution in [0.1, 0.15) is 17.5 Å². The summed E-state index contributed by atoms with van der Waals surface area (Å²) in [6, 6.07) is 27.8. The van der Waals surface area contributed by atoms with Crippen molar-refractivity contribution in [2.45, 2.75) is 25.4 Å². The Morgan fingerprint density at radius 2 is 1.46 bits per heavy atom. The summed E-state index contributed by atoms with van der Waals surface area (Å²) in [5, 5.41) is 2.68. The van der Waals surface area contributed by atoms with Crippen molar-refractivity contribution in [2.75, 3.05) is 7.11 Å². The minimum atomic E-state index is -1.70. The number of benzene rings is 3. The first-order valence-corrected chi connectivity index (χ1v) is 10.9. The fourth-order valence-corrected chi connectivity index (χ4v) is 6.29. The third-order valence-corrected chi connectivity index (χ3v) is 7.79. The Hall–Kier alpha value is -2.36. The Labute approximate surface area is 157 Å². The van der Waals surface area contributed by atoms with Crippen LogP contribution < -0.4 is 15.1 Å². The molecule has 0 N–H and O–H groups in total. The maximum Gasteiger partial charge on any atom is 0.240 e. The second kappa shape index (κ2) is 7.90. The summed E-state index contributed by atoms with van der Waals surface area (Å²) in [4.78, 5) is 0. The van der Waals surface area contributed by atoms with Crippen LogP contribution in [0, 0.1) is 0 Å². The van der Waals surface area contributed by atoms with Crippen molar-refractivity contribution in [3.05, 3.63) is 90.0 Å². The molecular formula is C23H24O2Si. The summed E-state index contributed by atoms with van der Waals surface area (Å²) in [5.41, 5.74) is 2.72. The summed E-state index contributed by atoms with van der Waals surface area (Å²) in [7, 11) is 0.0523. The molecule has 1 aliphatic carbocycles. The highest BCUT2D eigenvalue weighted by atomic mass is 28.3. The predicted octanol–water partition coefficient (Wildman–Crippen LogP) is 3.11. The lowest BCUT2D eigenvalue weighted by Crippen LogP contribution is -2.48. The van der Waals surface area contributed by atoms with E-state index in [4.69, 9.17) is 9.16 Å². The van der Waals surface area contributed by atoms with Crippen LogP contribution in [-0.4, -0.2) is 22.3 Å². The van der Waals surface area contributed by atoms with Gasteiger partial charge in [0.25, 0.3) is 0 Å². The van der Waals surface area contributed by atoms with Gasteiger partial charge >= 0.3 is 0 Å². The van der Waals surface area contributed by atoms with Gasteiger partial charge in [-0.3, -0.25) is 0 Å². The van der Waals surface area contributed by atoms with E-state index in [0.717, 1.165) is 25.0 Å². The first-order chi connectivity index (χ1) is 12.8. The number of hydrogen-bond donors (Lipinski definition) is 0.